The smallest absolute Gasteiger partial charge is 0.0432 e. The van der Waals surface area contributed by atoms with Gasteiger partial charge in [-0.2, -0.15) is 0 Å². The van der Waals surface area contributed by atoms with Gasteiger partial charge in [-0.15, -0.1) is 0 Å². The molecular weight excluding hydrogens is 220 g/mol. The summed E-state index contributed by atoms with van der Waals surface area (Å²) in [6.45, 7) is 6.32. The first kappa shape index (κ1) is 12.7. The Kier molecular flexibility index (Phi) is 4.08. The van der Waals surface area contributed by atoms with Crippen molar-refractivity contribution in [2.24, 2.45) is 0 Å². The lowest BCUT2D eigenvalue weighted by Crippen LogP contribution is -1.99. The molecule has 0 fully saturated rings. The van der Waals surface area contributed by atoms with Crippen LogP contribution < -0.4 is 0 Å². The molecule has 2 aromatic rings. The molecule has 18 heavy (non-hydrogen) atoms. The van der Waals surface area contributed by atoms with Crippen molar-refractivity contribution < 1.29 is 0 Å². The molecule has 0 aromatic carbocycles. The lowest BCUT2D eigenvalue weighted by Gasteiger charge is -2.11. The number of nitrogens with zero attached hydrogens (tertiary/aromatic N) is 2. The topological polar surface area (TPSA) is 25.8 Å². The number of rotatable bonds is 4. The SMILES string of the molecule is Cc1ccc(C(C)CCc2ccc(C)nc2)nc1. The first-order chi connectivity index (χ1) is 8.65. The second-order valence-corrected chi connectivity index (χ2v) is 5.01. The third-order valence-corrected chi connectivity index (χ3v) is 3.28. The molecule has 2 heterocycles. The summed E-state index contributed by atoms with van der Waals surface area (Å²) in [5, 5.41) is 0. The molecule has 0 saturated carbocycles. The molecule has 0 aliphatic carbocycles. The lowest BCUT2D eigenvalue weighted by atomic mass is 9.98. The number of aromatic nitrogens is 2. The van der Waals surface area contributed by atoms with Gasteiger partial charge in [0.2, 0.25) is 0 Å². The number of pyridine rings is 2. The quantitative estimate of drug-likeness (QED) is 0.811. The third-order valence-electron chi connectivity index (χ3n) is 3.28. The summed E-state index contributed by atoms with van der Waals surface area (Å²) in [5.74, 6) is 0.493. The van der Waals surface area contributed by atoms with Crippen molar-refractivity contribution in [1.29, 1.82) is 0 Å². The zero-order valence-corrected chi connectivity index (χ0v) is 11.4. The van der Waals surface area contributed by atoms with Gasteiger partial charge in [-0.25, -0.2) is 0 Å². The molecule has 0 saturated heterocycles. The van der Waals surface area contributed by atoms with E-state index in [1.807, 2.05) is 19.3 Å². The van der Waals surface area contributed by atoms with Crippen molar-refractivity contribution in [2.75, 3.05) is 0 Å². The molecule has 0 aliphatic heterocycles. The van der Waals surface area contributed by atoms with Crippen molar-refractivity contribution in [1.82, 2.24) is 9.97 Å². The Morgan fingerprint density at radius 1 is 1.00 bits per heavy atom. The summed E-state index contributed by atoms with van der Waals surface area (Å²) in [6, 6.07) is 8.50. The average molecular weight is 240 g/mol. The van der Waals surface area contributed by atoms with Crippen LogP contribution in [-0.4, -0.2) is 9.97 Å². The highest BCUT2D eigenvalue weighted by Gasteiger charge is 2.07. The minimum absolute atomic E-state index is 0.493. The van der Waals surface area contributed by atoms with Crippen LogP contribution in [0.15, 0.2) is 36.7 Å². The molecule has 2 aromatic heterocycles. The first-order valence-electron chi connectivity index (χ1n) is 6.49. The molecule has 0 amide bonds. The van der Waals surface area contributed by atoms with Gasteiger partial charge in [0.15, 0.2) is 0 Å². The Morgan fingerprint density at radius 3 is 2.44 bits per heavy atom. The fraction of sp³-hybridized carbons (Fsp3) is 0.375. The van der Waals surface area contributed by atoms with E-state index in [4.69, 9.17) is 0 Å². The second kappa shape index (κ2) is 5.76. The number of hydrogen-bond donors (Lipinski definition) is 0. The standard InChI is InChI=1S/C16H20N2/c1-12-4-9-16(18-10-12)13(2)5-7-15-8-6-14(3)17-11-15/h4,6,8-11,13H,5,7H2,1-3H3. The zero-order valence-electron chi connectivity index (χ0n) is 11.4. The van der Waals surface area contributed by atoms with Crippen LogP contribution >= 0.6 is 0 Å². The van der Waals surface area contributed by atoms with Gasteiger partial charge in [-0.05, 0) is 55.9 Å². The fourth-order valence-electron chi connectivity index (χ4n) is 1.95. The molecule has 94 valence electrons. The second-order valence-electron chi connectivity index (χ2n) is 5.01. The predicted octanol–water partition coefficient (Wildman–Crippen LogP) is 3.83. The molecule has 2 rings (SSSR count). The van der Waals surface area contributed by atoms with Crippen molar-refractivity contribution >= 4 is 0 Å². The lowest BCUT2D eigenvalue weighted by molar-refractivity contribution is 0.659. The predicted molar refractivity (Wildman–Crippen MR) is 74.7 cm³/mol. The molecular formula is C16H20N2. The highest BCUT2D eigenvalue weighted by Crippen LogP contribution is 2.19. The number of hydrogen-bond acceptors (Lipinski definition) is 2. The van der Waals surface area contributed by atoms with E-state index in [2.05, 4.69) is 48.1 Å². The summed E-state index contributed by atoms with van der Waals surface area (Å²) >= 11 is 0. The maximum absolute atomic E-state index is 4.49. The Balaban J connectivity index is 1.93. The summed E-state index contributed by atoms with van der Waals surface area (Å²) in [4.78, 5) is 8.81. The molecule has 0 N–H and O–H groups in total. The number of aryl methyl sites for hydroxylation is 3. The molecule has 1 atom stereocenters. The molecule has 0 bridgehead atoms. The Bertz CT molecular complexity index is 486. The van der Waals surface area contributed by atoms with Crippen molar-refractivity contribution in [3.05, 3.63) is 59.2 Å². The van der Waals surface area contributed by atoms with Gasteiger partial charge in [0.1, 0.15) is 0 Å². The van der Waals surface area contributed by atoms with E-state index in [0.29, 0.717) is 5.92 Å². The van der Waals surface area contributed by atoms with Crippen LogP contribution in [0, 0.1) is 13.8 Å². The van der Waals surface area contributed by atoms with Gasteiger partial charge in [0.25, 0.3) is 0 Å². The van der Waals surface area contributed by atoms with E-state index < -0.39 is 0 Å². The van der Waals surface area contributed by atoms with Crippen LogP contribution in [0.3, 0.4) is 0 Å². The van der Waals surface area contributed by atoms with E-state index in [1.54, 1.807) is 0 Å². The molecule has 0 aliphatic rings. The highest BCUT2D eigenvalue weighted by atomic mass is 14.7. The Labute approximate surface area is 109 Å². The van der Waals surface area contributed by atoms with Gasteiger partial charge in [0, 0.05) is 23.8 Å². The van der Waals surface area contributed by atoms with Gasteiger partial charge in [-0.1, -0.05) is 19.1 Å². The van der Waals surface area contributed by atoms with Gasteiger partial charge < -0.3 is 0 Å². The molecule has 2 nitrogen and oxygen atoms in total. The summed E-state index contributed by atoms with van der Waals surface area (Å²) in [5.41, 5.74) is 4.78. The van der Waals surface area contributed by atoms with Crippen LogP contribution in [0.1, 0.15) is 41.8 Å². The fourth-order valence-corrected chi connectivity index (χ4v) is 1.95. The van der Waals surface area contributed by atoms with Crippen molar-refractivity contribution in [2.45, 2.75) is 39.5 Å². The maximum Gasteiger partial charge on any atom is 0.0432 e. The Hall–Kier alpha value is -1.70. The normalized spacial score (nSPS) is 12.4. The third kappa shape index (κ3) is 3.39. The van der Waals surface area contributed by atoms with Crippen LogP contribution in [0.4, 0.5) is 0 Å². The molecule has 0 radical (unpaired) electrons. The van der Waals surface area contributed by atoms with Crippen LogP contribution in [-0.2, 0) is 6.42 Å². The minimum Gasteiger partial charge on any atom is -0.261 e. The zero-order chi connectivity index (χ0) is 13.0. The molecule has 0 spiro atoms. The van der Waals surface area contributed by atoms with Crippen molar-refractivity contribution in [3.8, 4) is 0 Å². The molecule has 1 unspecified atom stereocenters. The largest absolute Gasteiger partial charge is 0.261 e. The highest BCUT2D eigenvalue weighted by molar-refractivity contribution is 5.17. The van der Waals surface area contributed by atoms with Crippen LogP contribution in [0.25, 0.3) is 0 Å². The van der Waals surface area contributed by atoms with Gasteiger partial charge in [0.05, 0.1) is 0 Å². The van der Waals surface area contributed by atoms with Crippen LogP contribution in [0.2, 0.25) is 0 Å². The van der Waals surface area contributed by atoms with E-state index in [-0.39, 0.29) is 0 Å². The summed E-state index contributed by atoms with van der Waals surface area (Å²) in [6.07, 6.45) is 6.09. The first-order valence-corrected chi connectivity index (χ1v) is 6.49. The summed E-state index contributed by atoms with van der Waals surface area (Å²) < 4.78 is 0. The van der Waals surface area contributed by atoms with E-state index in [0.717, 1.165) is 18.5 Å². The minimum atomic E-state index is 0.493. The Morgan fingerprint density at radius 2 is 1.83 bits per heavy atom. The van der Waals surface area contributed by atoms with Gasteiger partial charge in [-0.3, -0.25) is 9.97 Å². The van der Waals surface area contributed by atoms with Gasteiger partial charge >= 0.3 is 0 Å². The average Bonchev–Trinajstić information content (AvgIpc) is 2.38. The van der Waals surface area contributed by atoms with E-state index in [1.165, 1.54) is 16.8 Å². The summed E-state index contributed by atoms with van der Waals surface area (Å²) in [7, 11) is 0. The molecule has 2 heteroatoms. The van der Waals surface area contributed by atoms with E-state index in [9.17, 15) is 0 Å². The maximum atomic E-state index is 4.49. The van der Waals surface area contributed by atoms with Crippen LogP contribution in [0.5, 0.6) is 0 Å². The van der Waals surface area contributed by atoms with E-state index >= 15 is 0 Å². The van der Waals surface area contributed by atoms with Crippen molar-refractivity contribution in [3.63, 3.8) is 0 Å². The monoisotopic (exact) mass is 240 g/mol.